The van der Waals surface area contributed by atoms with Crippen LogP contribution in [0.5, 0.6) is 5.75 Å². The zero-order valence-electron chi connectivity index (χ0n) is 16.1. The number of pyridine rings is 1. The number of carbonyl (C=O) groups is 1. The average Bonchev–Trinajstić information content (AvgIpc) is 3.14. The number of ether oxygens (including phenoxy) is 1. The maximum Gasteiger partial charge on any atom is 0.291 e. The lowest BCUT2D eigenvalue weighted by molar-refractivity contribution is 0.0927. The SMILES string of the molecule is Cc1cccc(Cn2cnc(C(=O)NC3COc4cccnc4N(C)C3=S)n2)c1. The first-order valence-electron chi connectivity index (χ1n) is 9.12. The molecule has 29 heavy (non-hydrogen) atoms. The summed E-state index contributed by atoms with van der Waals surface area (Å²) in [7, 11) is 1.80. The number of nitrogens with zero attached hydrogens (tertiary/aromatic N) is 5. The molecule has 0 spiro atoms. The second-order valence-electron chi connectivity index (χ2n) is 6.81. The molecule has 0 bridgehead atoms. The fraction of sp³-hybridized carbons (Fsp3) is 0.250. The van der Waals surface area contributed by atoms with Crippen LogP contribution in [-0.2, 0) is 6.54 Å². The summed E-state index contributed by atoms with van der Waals surface area (Å²) >= 11 is 5.53. The molecule has 1 aliphatic rings. The monoisotopic (exact) mass is 408 g/mol. The van der Waals surface area contributed by atoms with Crippen molar-refractivity contribution in [1.29, 1.82) is 0 Å². The van der Waals surface area contributed by atoms with Crippen LogP contribution in [0.3, 0.4) is 0 Å². The van der Waals surface area contributed by atoms with Gasteiger partial charge < -0.3 is 15.0 Å². The minimum Gasteiger partial charge on any atom is -0.487 e. The molecule has 1 amide bonds. The van der Waals surface area contributed by atoms with E-state index in [4.69, 9.17) is 17.0 Å². The average molecular weight is 408 g/mol. The van der Waals surface area contributed by atoms with Crippen LogP contribution in [0.15, 0.2) is 48.9 Å². The fourth-order valence-electron chi connectivity index (χ4n) is 3.13. The van der Waals surface area contributed by atoms with Gasteiger partial charge in [0, 0.05) is 13.2 Å². The molecule has 3 heterocycles. The van der Waals surface area contributed by atoms with Gasteiger partial charge in [-0.3, -0.25) is 4.79 Å². The zero-order valence-corrected chi connectivity index (χ0v) is 16.9. The summed E-state index contributed by atoms with van der Waals surface area (Å²) in [5.74, 6) is 0.920. The van der Waals surface area contributed by atoms with E-state index in [0.29, 0.717) is 23.1 Å². The number of amides is 1. The molecular formula is C20H20N6O2S. The van der Waals surface area contributed by atoms with Crippen molar-refractivity contribution in [2.75, 3.05) is 18.6 Å². The number of aryl methyl sites for hydroxylation is 1. The number of hydrogen-bond donors (Lipinski definition) is 1. The third-order valence-electron chi connectivity index (χ3n) is 4.57. The molecule has 0 saturated heterocycles. The van der Waals surface area contributed by atoms with Gasteiger partial charge in [-0.2, -0.15) is 0 Å². The van der Waals surface area contributed by atoms with Crippen molar-refractivity contribution in [2.24, 2.45) is 0 Å². The van der Waals surface area contributed by atoms with Crippen LogP contribution >= 0.6 is 12.2 Å². The Bertz CT molecular complexity index is 1070. The van der Waals surface area contributed by atoms with Crippen LogP contribution in [0.25, 0.3) is 0 Å². The van der Waals surface area contributed by atoms with E-state index in [9.17, 15) is 4.79 Å². The second-order valence-corrected chi connectivity index (χ2v) is 7.23. The first-order chi connectivity index (χ1) is 14.0. The summed E-state index contributed by atoms with van der Waals surface area (Å²) in [6, 6.07) is 11.2. The largest absolute Gasteiger partial charge is 0.487 e. The molecule has 0 fully saturated rings. The van der Waals surface area contributed by atoms with Gasteiger partial charge in [-0.05, 0) is 24.6 Å². The highest BCUT2D eigenvalue weighted by Gasteiger charge is 2.29. The summed E-state index contributed by atoms with van der Waals surface area (Å²) in [6.45, 7) is 2.78. The normalized spacial score (nSPS) is 16.0. The molecule has 0 aliphatic carbocycles. The highest BCUT2D eigenvalue weighted by atomic mass is 32.1. The van der Waals surface area contributed by atoms with Crippen molar-refractivity contribution in [1.82, 2.24) is 25.1 Å². The van der Waals surface area contributed by atoms with Gasteiger partial charge in [0.25, 0.3) is 5.91 Å². The third kappa shape index (κ3) is 4.09. The van der Waals surface area contributed by atoms with Gasteiger partial charge >= 0.3 is 0 Å². The predicted octanol–water partition coefficient (Wildman–Crippen LogP) is 1.98. The van der Waals surface area contributed by atoms with Crippen molar-refractivity contribution in [3.63, 3.8) is 0 Å². The summed E-state index contributed by atoms with van der Waals surface area (Å²) < 4.78 is 7.42. The van der Waals surface area contributed by atoms with E-state index in [0.717, 1.165) is 5.56 Å². The molecule has 2 aromatic heterocycles. The summed E-state index contributed by atoms with van der Waals surface area (Å²) in [5, 5.41) is 7.15. The molecule has 0 saturated carbocycles. The first-order valence-corrected chi connectivity index (χ1v) is 9.53. The van der Waals surface area contributed by atoms with Gasteiger partial charge in [0.15, 0.2) is 11.6 Å². The van der Waals surface area contributed by atoms with Crippen LogP contribution in [0.4, 0.5) is 5.82 Å². The molecule has 8 nitrogen and oxygen atoms in total. The number of nitrogens with one attached hydrogen (secondary N) is 1. The molecular weight excluding hydrogens is 388 g/mol. The number of hydrogen-bond acceptors (Lipinski definition) is 6. The molecule has 1 unspecified atom stereocenters. The van der Waals surface area contributed by atoms with E-state index in [1.807, 2.05) is 31.2 Å². The molecule has 148 valence electrons. The van der Waals surface area contributed by atoms with Crippen LogP contribution in [0, 0.1) is 6.92 Å². The Morgan fingerprint density at radius 1 is 1.31 bits per heavy atom. The number of benzene rings is 1. The molecule has 9 heteroatoms. The van der Waals surface area contributed by atoms with Crippen molar-refractivity contribution in [3.05, 3.63) is 65.9 Å². The van der Waals surface area contributed by atoms with Crippen LogP contribution in [-0.4, -0.2) is 50.3 Å². The minimum atomic E-state index is -0.500. The van der Waals surface area contributed by atoms with Gasteiger partial charge in [-0.1, -0.05) is 42.0 Å². The van der Waals surface area contributed by atoms with Gasteiger partial charge in [0.05, 0.1) is 6.54 Å². The lowest BCUT2D eigenvalue weighted by atomic mass is 10.1. The molecule has 1 atom stereocenters. The molecule has 1 aromatic carbocycles. The Balaban J connectivity index is 1.44. The number of thiocarbonyl (C=S) groups is 1. The molecule has 1 N–H and O–H groups in total. The van der Waals surface area contributed by atoms with Gasteiger partial charge in [-0.15, -0.1) is 5.10 Å². The van der Waals surface area contributed by atoms with Gasteiger partial charge in [-0.25, -0.2) is 14.6 Å². The summed E-state index contributed by atoms with van der Waals surface area (Å²) in [4.78, 5) is 23.4. The number of fused-ring (bicyclic) bond motifs is 1. The van der Waals surface area contributed by atoms with Gasteiger partial charge in [0.1, 0.15) is 24.0 Å². The fourth-order valence-corrected chi connectivity index (χ4v) is 3.34. The molecule has 0 radical (unpaired) electrons. The van der Waals surface area contributed by atoms with Crippen molar-refractivity contribution < 1.29 is 9.53 Å². The maximum atomic E-state index is 12.7. The van der Waals surface area contributed by atoms with E-state index in [-0.39, 0.29) is 12.4 Å². The Hall–Kier alpha value is -3.33. The van der Waals surface area contributed by atoms with Crippen molar-refractivity contribution in [2.45, 2.75) is 19.5 Å². The number of rotatable bonds is 4. The van der Waals surface area contributed by atoms with E-state index in [2.05, 4.69) is 26.4 Å². The minimum absolute atomic E-state index is 0.0861. The standard InChI is InChI=1S/C20H20N6O2S/c1-13-5-3-6-14(9-13)10-26-12-22-17(24-26)19(27)23-15-11-28-16-7-4-8-21-18(16)25(2)20(15)29/h3-9,12,15H,10-11H2,1-2H3,(H,23,27). The predicted molar refractivity (Wildman–Crippen MR) is 112 cm³/mol. The number of likely N-dealkylation sites (N-methyl/N-ethyl adjacent to an activating group) is 1. The zero-order chi connectivity index (χ0) is 20.4. The smallest absolute Gasteiger partial charge is 0.291 e. The van der Waals surface area contributed by atoms with Crippen molar-refractivity contribution >= 4 is 28.9 Å². The topological polar surface area (TPSA) is 85.2 Å². The van der Waals surface area contributed by atoms with Crippen LogP contribution in [0.1, 0.15) is 21.7 Å². The number of aromatic nitrogens is 4. The molecule has 4 rings (SSSR count). The second kappa shape index (κ2) is 7.96. The summed E-state index contributed by atoms with van der Waals surface area (Å²) in [5.41, 5.74) is 2.26. The lowest BCUT2D eigenvalue weighted by Gasteiger charge is -2.22. The Morgan fingerprint density at radius 2 is 2.17 bits per heavy atom. The van der Waals surface area contributed by atoms with Gasteiger partial charge in [0.2, 0.25) is 5.82 Å². The van der Waals surface area contributed by atoms with E-state index in [1.165, 1.54) is 5.56 Å². The highest BCUT2D eigenvalue weighted by molar-refractivity contribution is 7.80. The number of carbonyl (C=O) groups excluding carboxylic acids is 1. The molecule has 1 aliphatic heterocycles. The Kier molecular flexibility index (Phi) is 5.22. The van der Waals surface area contributed by atoms with Crippen LogP contribution in [0.2, 0.25) is 0 Å². The highest BCUT2D eigenvalue weighted by Crippen LogP contribution is 2.27. The maximum absolute atomic E-state index is 12.7. The van der Waals surface area contributed by atoms with E-state index < -0.39 is 11.9 Å². The van der Waals surface area contributed by atoms with Crippen molar-refractivity contribution in [3.8, 4) is 5.75 Å². The lowest BCUT2D eigenvalue weighted by Crippen LogP contribution is -2.48. The quantitative estimate of drug-likeness (QED) is 0.661. The number of anilines is 1. The Labute approximate surface area is 173 Å². The van der Waals surface area contributed by atoms with Crippen LogP contribution < -0.4 is 15.0 Å². The van der Waals surface area contributed by atoms with E-state index >= 15 is 0 Å². The van der Waals surface area contributed by atoms with E-state index in [1.54, 1.807) is 35.2 Å². The third-order valence-corrected chi connectivity index (χ3v) is 5.13. The molecule has 3 aromatic rings. The summed E-state index contributed by atoms with van der Waals surface area (Å²) in [6.07, 6.45) is 3.22. The first kappa shape index (κ1) is 19.0. The Morgan fingerprint density at radius 3 is 3.00 bits per heavy atom.